The van der Waals surface area contributed by atoms with Crippen LogP contribution in [0.3, 0.4) is 0 Å². The highest BCUT2D eigenvalue weighted by atomic mass is 16.5. The molecular weight excluding hydrogens is 354 g/mol. The first kappa shape index (κ1) is 20.0. The number of rotatable bonds is 8. The number of methoxy groups -OCH3 is 1. The third-order valence-corrected chi connectivity index (χ3v) is 5.07. The van der Waals surface area contributed by atoms with Crippen LogP contribution in [-0.2, 0) is 6.54 Å². The van der Waals surface area contributed by atoms with E-state index in [9.17, 15) is 9.90 Å². The quantitative estimate of drug-likeness (QED) is 0.607. The molecule has 28 heavy (non-hydrogen) atoms. The number of fused-ring (bicyclic) bond motifs is 1. The van der Waals surface area contributed by atoms with Crippen molar-refractivity contribution in [3.63, 3.8) is 0 Å². The number of unbranched alkanes of at least 4 members (excludes halogenated alkanes) is 1. The summed E-state index contributed by atoms with van der Waals surface area (Å²) in [5.41, 5.74) is 2.09. The number of hydrogen-bond acceptors (Lipinski definition) is 5. The fourth-order valence-electron chi connectivity index (χ4n) is 3.41. The lowest BCUT2D eigenvalue weighted by atomic mass is 10.0. The molecule has 3 aromatic rings. The van der Waals surface area contributed by atoms with Gasteiger partial charge in [0.2, 0.25) is 5.43 Å². The average Bonchev–Trinajstić information content (AvgIpc) is 2.72. The minimum Gasteiger partial charge on any atom is -0.507 e. The average molecular weight is 381 g/mol. The summed E-state index contributed by atoms with van der Waals surface area (Å²) in [6.45, 7) is 6.58. The van der Waals surface area contributed by atoms with Gasteiger partial charge in [-0.25, -0.2) is 0 Å². The van der Waals surface area contributed by atoms with Gasteiger partial charge in [0, 0.05) is 12.1 Å². The van der Waals surface area contributed by atoms with E-state index < -0.39 is 0 Å². The standard InChI is InChI=1S/C23H27NO4/c1-4-6-13-24(5-2)14-18-20(25)12-11-17-22(26)19(15-28-23(17)18)16-9-7-8-10-21(16)27-3/h7-12,15,25H,4-6,13-14H2,1-3H3. The molecule has 1 heterocycles. The molecule has 0 radical (unpaired) electrons. The Balaban J connectivity index is 2.10. The summed E-state index contributed by atoms with van der Waals surface area (Å²) in [6, 6.07) is 10.6. The number of phenolic OH excluding ortho intramolecular Hbond substituents is 1. The first-order valence-electron chi connectivity index (χ1n) is 9.72. The van der Waals surface area contributed by atoms with E-state index in [4.69, 9.17) is 9.15 Å². The van der Waals surface area contributed by atoms with Gasteiger partial charge >= 0.3 is 0 Å². The predicted molar refractivity (Wildman–Crippen MR) is 112 cm³/mol. The molecule has 0 unspecified atom stereocenters. The number of phenols is 1. The minimum atomic E-state index is -0.136. The summed E-state index contributed by atoms with van der Waals surface area (Å²) in [7, 11) is 1.58. The highest BCUT2D eigenvalue weighted by molar-refractivity contribution is 5.86. The lowest BCUT2D eigenvalue weighted by molar-refractivity contribution is 0.271. The Morgan fingerprint density at radius 2 is 1.89 bits per heavy atom. The van der Waals surface area contributed by atoms with Gasteiger partial charge in [0.15, 0.2) is 0 Å². The van der Waals surface area contributed by atoms with Crippen LogP contribution in [0, 0.1) is 0 Å². The van der Waals surface area contributed by atoms with Crippen molar-refractivity contribution >= 4 is 11.0 Å². The van der Waals surface area contributed by atoms with Crippen LogP contribution >= 0.6 is 0 Å². The number of nitrogens with zero attached hydrogens (tertiary/aromatic N) is 1. The summed E-state index contributed by atoms with van der Waals surface area (Å²) < 4.78 is 11.3. The van der Waals surface area contributed by atoms with Crippen molar-refractivity contribution in [3.8, 4) is 22.6 Å². The smallest absolute Gasteiger partial charge is 0.200 e. The molecule has 1 N–H and O–H groups in total. The van der Waals surface area contributed by atoms with Crippen molar-refractivity contribution in [2.75, 3.05) is 20.2 Å². The third kappa shape index (κ3) is 3.90. The first-order chi connectivity index (χ1) is 13.6. The molecule has 0 amide bonds. The Morgan fingerprint density at radius 1 is 1.11 bits per heavy atom. The van der Waals surface area contributed by atoms with Crippen LogP contribution in [-0.4, -0.2) is 30.2 Å². The molecule has 0 aliphatic carbocycles. The molecule has 2 aromatic carbocycles. The highest BCUT2D eigenvalue weighted by Crippen LogP contribution is 2.32. The molecule has 148 valence electrons. The van der Waals surface area contributed by atoms with E-state index in [-0.39, 0.29) is 11.2 Å². The van der Waals surface area contributed by atoms with Crippen molar-refractivity contribution in [1.82, 2.24) is 4.90 Å². The lowest BCUT2D eigenvalue weighted by Gasteiger charge is -2.21. The van der Waals surface area contributed by atoms with Crippen LogP contribution in [0.1, 0.15) is 32.3 Å². The van der Waals surface area contributed by atoms with E-state index >= 15 is 0 Å². The maximum atomic E-state index is 13.2. The van der Waals surface area contributed by atoms with Crippen LogP contribution in [0.2, 0.25) is 0 Å². The van der Waals surface area contributed by atoms with Gasteiger partial charge in [0.25, 0.3) is 0 Å². The predicted octanol–water partition coefficient (Wildman–Crippen LogP) is 4.80. The van der Waals surface area contributed by atoms with Gasteiger partial charge in [-0.2, -0.15) is 0 Å². The van der Waals surface area contributed by atoms with Crippen molar-refractivity contribution < 1.29 is 14.3 Å². The molecule has 0 saturated carbocycles. The number of benzene rings is 2. The zero-order valence-corrected chi connectivity index (χ0v) is 16.7. The normalized spacial score (nSPS) is 11.3. The maximum absolute atomic E-state index is 13.2. The molecule has 3 rings (SSSR count). The molecule has 5 nitrogen and oxygen atoms in total. The fourth-order valence-corrected chi connectivity index (χ4v) is 3.41. The summed E-state index contributed by atoms with van der Waals surface area (Å²) in [6.07, 6.45) is 3.66. The van der Waals surface area contributed by atoms with Gasteiger partial charge in [-0.05, 0) is 37.7 Å². The molecule has 1 aromatic heterocycles. The van der Waals surface area contributed by atoms with E-state index in [1.807, 2.05) is 24.3 Å². The lowest BCUT2D eigenvalue weighted by Crippen LogP contribution is -2.24. The Hall–Kier alpha value is -2.79. The number of aromatic hydroxyl groups is 1. The zero-order valence-electron chi connectivity index (χ0n) is 16.7. The van der Waals surface area contributed by atoms with Crippen molar-refractivity contribution in [3.05, 3.63) is 58.4 Å². The molecule has 0 atom stereocenters. The van der Waals surface area contributed by atoms with Crippen molar-refractivity contribution in [2.45, 2.75) is 33.2 Å². The summed E-state index contributed by atoms with van der Waals surface area (Å²) in [4.78, 5) is 15.4. The third-order valence-electron chi connectivity index (χ3n) is 5.07. The molecule has 0 spiro atoms. The Bertz CT molecular complexity index is 1010. The van der Waals surface area contributed by atoms with Gasteiger partial charge in [0.05, 0.1) is 23.6 Å². The minimum absolute atomic E-state index is 0.136. The second-order valence-corrected chi connectivity index (χ2v) is 6.84. The number of ether oxygens (including phenoxy) is 1. The summed E-state index contributed by atoms with van der Waals surface area (Å²) in [5.74, 6) is 0.764. The molecule has 0 aliphatic rings. The molecule has 0 bridgehead atoms. The van der Waals surface area contributed by atoms with Crippen molar-refractivity contribution in [2.24, 2.45) is 0 Å². The molecular formula is C23H27NO4. The first-order valence-corrected chi connectivity index (χ1v) is 9.72. The Labute approximate surface area is 165 Å². The van der Waals surface area contributed by atoms with Gasteiger partial charge in [-0.15, -0.1) is 0 Å². The van der Waals surface area contributed by atoms with Crippen LogP contribution in [0.5, 0.6) is 11.5 Å². The van der Waals surface area contributed by atoms with Gasteiger partial charge < -0.3 is 14.3 Å². The van der Waals surface area contributed by atoms with Crippen molar-refractivity contribution in [1.29, 1.82) is 0 Å². The number of para-hydroxylation sites is 1. The fraction of sp³-hybridized carbons (Fsp3) is 0.348. The SMILES string of the molecule is CCCCN(CC)Cc1c(O)ccc2c(=O)c(-c3ccccc3OC)coc12. The second-order valence-electron chi connectivity index (χ2n) is 6.84. The van der Waals surface area contributed by atoms with E-state index in [1.54, 1.807) is 19.2 Å². The van der Waals surface area contributed by atoms with E-state index in [2.05, 4.69) is 18.7 Å². The molecule has 5 heteroatoms. The second kappa shape index (κ2) is 8.93. The Kier molecular flexibility index (Phi) is 6.37. The molecule has 0 saturated heterocycles. The highest BCUT2D eigenvalue weighted by Gasteiger charge is 2.18. The van der Waals surface area contributed by atoms with E-state index in [0.29, 0.717) is 40.0 Å². The van der Waals surface area contributed by atoms with Gasteiger partial charge in [-0.3, -0.25) is 9.69 Å². The summed E-state index contributed by atoms with van der Waals surface area (Å²) >= 11 is 0. The topological polar surface area (TPSA) is 62.9 Å². The van der Waals surface area contributed by atoms with Gasteiger partial charge in [-0.1, -0.05) is 38.5 Å². The molecule has 0 fully saturated rings. The van der Waals surface area contributed by atoms with Crippen LogP contribution in [0.15, 0.2) is 51.9 Å². The monoisotopic (exact) mass is 381 g/mol. The van der Waals surface area contributed by atoms with Crippen LogP contribution in [0.4, 0.5) is 0 Å². The van der Waals surface area contributed by atoms with Crippen LogP contribution in [0.25, 0.3) is 22.1 Å². The van der Waals surface area contributed by atoms with Gasteiger partial charge in [0.1, 0.15) is 23.3 Å². The maximum Gasteiger partial charge on any atom is 0.200 e. The number of hydrogen-bond donors (Lipinski definition) is 1. The van der Waals surface area contributed by atoms with E-state index in [1.165, 1.54) is 6.26 Å². The molecule has 0 aliphatic heterocycles. The van der Waals surface area contributed by atoms with E-state index in [0.717, 1.165) is 25.9 Å². The zero-order chi connectivity index (χ0) is 20.1. The largest absolute Gasteiger partial charge is 0.507 e. The van der Waals surface area contributed by atoms with Crippen LogP contribution < -0.4 is 10.2 Å². The Morgan fingerprint density at radius 3 is 2.61 bits per heavy atom. The summed E-state index contributed by atoms with van der Waals surface area (Å²) in [5, 5.41) is 10.9.